The second-order valence-corrected chi connectivity index (χ2v) is 12.9. The molecular weight excluding hydrogens is 703 g/mol. The Morgan fingerprint density at radius 3 is 1.67 bits per heavy atom. The minimum Gasteiger partial charge on any atom is -0.455 e. The monoisotopic (exact) mass is 765 g/mol. The van der Waals surface area contributed by atoms with Gasteiger partial charge in [-0.1, -0.05) is 169 Å². The molecule has 0 saturated heterocycles. The second-order valence-electron chi connectivity index (χ2n) is 12.9. The van der Waals surface area contributed by atoms with Crippen LogP contribution in [0.1, 0.15) is 35.6 Å². The van der Waals surface area contributed by atoms with Crippen molar-refractivity contribution in [2.45, 2.75) is 0 Å². The fourth-order valence-corrected chi connectivity index (χ4v) is 6.72. The van der Waals surface area contributed by atoms with E-state index >= 15 is 0 Å². The first-order valence-electron chi connectivity index (χ1n) is 30.7. The van der Waals surface area contributed by atoms with E-state index in [9.17, 15) is 13.7 Å². The zero-order chi connectivity index (χ0) is 61.0. The maximum atomic E-state index is 9.81. The van der Waals surface area contributed by atoms with E-state index in [0.29, 0.717) is 10.5 Å². The standard InChI is InChI=1S/C56H37NO/c1-2-10-38(11-3-1)40-20-22-41(23-21-40)42-26-31-49(32-27-42)57(53-18-9-19-54-55(53)52-35-30-44-13-6-7-17-51(44)56(52)58-54)50-33-28-43(29-34-50)46-15-8-16-47(36-46)48-25-24-39-12-4-5-14-45(39)37-48/h1-37H/i1D,2D,3D,6D,7D,9D,10D,11D,13D,17D,18D,19D,20D,21D,22D,23D,26D,27D,28D,29D,30D,31D,32D,33D,34D,35D. The second kappa shape index (κ2) is 14.1. The Hall–Kier alpha value is -7.68. The van der Waals surface area contributed by atoms with Gasteiger partial charge in [-0.15, -0.1) is 0 Å². The molecule has 10 aromatic carbocycles. The van der Waals surface area contributed by atoms with E-state index in [4.69, 9.17) is 26.3 Å². The molecule has 0 atom stereocenters. The smallest absolute Gasteiger partial charge is 0.143 e. The Labute approximate surface area is 374 Å². The molecule has 0 aliphatic rings. The average Bonchev–Trinajstić information content (AvgIpc) is 2.06. The van der Waals surface area contributed by atoms with Crippen molar-refractivity contribution in [3.8, 4) is 44.5 Å². The molecule has 11 aromatic rings. The maximum Gasteiger partial charge on any atom is 0.143 e. The van der Waals surface area contributed by atoms with Crippen LogP contribution in [0.25, 0.3) is 88.0 Å². The predicted molar refractivity (Wildman–Crippen MR) is 245 cm³/mol. The molecule has 0 bridgehead atoms. The number of rotatable bonds is 7. The van der Waals surface area contributed by atoms with Gasteiger partial charge in [-0.3, -0.25) is 0 Å². The summed E-state index contributed by atoms with van der Waals surface area (Å²) in [6.07, 6.45) is 0. The molecule has 0 fully saturated rings. The minimum absolute atomic E-state index is 0.177. The number of benzene rings is 10. The van der Waals surface area contributed by atoms with E-state index in [-0.39, 0.29) is 11.1 Å². The highest BCUT2D eigenvalue weighted by Crippen LogP contribution is 2.45. The van der Waals surface area contributed by atoms with Crippen LogP contribution in [-0.2, 0) is 0 Å². The van der Waals surface area contributed by atoms with Gasteiger partial charge in [0.1, 0.15) is 11.2 Å². The number of furan rings is 1. The fraction of sp³-hybridized carbons (Fsp3) is 0. The summed E-state index contributed by atoms with van der Waals surface area (Å²) in [7, 11) is 0. The van der Waals surface area contributed by atoms with Crippen molar-refractivity contribution in [1.29, 1.82) is 0 Å². The highest BCUT2D eigenvalue weighted by Gasteiger charge is 2.20. The zero-order valence-corrected chi connectivity index (χ0v) is 29.7. The first-order valence-corrected chi connectivity index (χ1v) is 17.7. The van der Waals surface area contributed by atoms with Crippen LogP contribution in [0.4, 0.5) is 17.1 Å². The van der Waals surface area contributed by atoms with Gasteiger partial charge in [-0.05, 0) is 115 Å². The lowest BCUT2D eigenvalue weighted by molar-refractivity contribution is 0.672. The van der Waals surface area contributed by atoms with E-state index < -0.39 is 229 Å². The summed E-state index contributed by atoms with van der Waals surface area (Å²) >= 11 is 0. The van der Waals surface area contributed by atoms with Crippen LogP contribution in [0.2, 0.25) is 0 Å². The summed E-state index contributed by atoms with van der Waals surface area (Å²) in [5.41, 5.74) is -6.06. The van der Waals surface area contributed by atoms with Gasteiger partial charge in [0.05, 0.1) is 46.7 Å². The third-order valence-corrected chi connectivity index (χ3v) is 9.48. The molecule has 11 rings (SSSR count). The molecule has 0 unspecified atom stereocenters. The fourth-order valence-electron chi connectivity index (χ4n) is 6.72. The number of hydrogen-bond donors (Lipinski definition) is 0. The predicted octanol–water partition coefficient (Wildman–Crippen LogP) is 16.0. The molecule has 0 saturated carbocycles. The minimum atomic E-state index is -1.18. The Balaban J connectivity index is 1.25. The van der Waals surface area contributed by atoms with Crippen LogP contribution in [-0.4, -0.2) is 0 Å². The quantitative estimate of drug-likeness (QED) is 0.161. The number of fused-ring (bicyclic) bond motifs is 6. The summed E-state index contributed by atoms with van der Waals surface area (Å²) < 4.78 is 243. The van der Waals surface area contributed by atoms with Crippen LogP contribution in [0.15, 0.2) is 228 Å². The Morgan fingerprint density at radius 2 is 0.948 bits per heavy atom. The first-order chi connectivity index (χ1) is 39.6. The summed E-state index contributed by atoms with van der Waals surface area (Å²) in [5, 5.41) is -0.284. The zero-order valence-electron chi connectivity index (χ0n) is 55.7. The molecule has 1 aromatic heterocycles. The van der Waals surface area contributed by atoms with E-state index in [2.05, 4.69) is 0 Å². The van der Waals surface area contributed by atoms with Gasteiger partial charge in [-0.25, -0.2) is 0 Å². The number of anilines is 3. The van der Waals surface area contributed by atoms with Crippen molar-refractivity contribution >= 4 is 60.5 Å². The first kappa shape index (κ1) is 16.4. The third-order valence-electron chi connectivity index (χ3n) is 9.48. The lowest BCUT2D eigenvalue weighted by Crippen LogP contribution is -2.10. The van der Waals surface area contributed by atoms with E-state index in [1.54, 1.807) is 18.2 Å². The lowest BCUT2D eigenvalue weighted by Gasteiger charge is -2.26. The maximum absolute atomic E-state index is 9.81. The molecule has 0 amide bonds. The highest BCUT2D eigenvalue weighted by atomic mass is 16.3. The third kappa shape index (κ3) is 6.00. The molecule has 0 N–H and O–H groups in total. The Morgan fingerprint density at radius 1 is 0.362 bits per heavy atom. The molecule has 58 heavy (non-hydrogen) atoms. The average molecular weight is 766 g/mol. The van der Waals surface area contributed by atoms with E-state index in [0.717, 1.165) is 16.3 Å². The number of nitrogens with zero attached hydrogens (tertiary/aromatic N) is 1. The molecule has 0 radical (unpaired) electrons. The van der Waals surface area contributed by atoms with Gasteiger partial charge in [0.2, 0.25) is 0 Å². The van der Waals surface area contributed by atoms with Gasteiger partial charge >= 0.3 is 0 Å². The SMILES string of the molecule is [2H]c1c([2H])c([2H])c(-c2c([2H])c([2H])c(-c3c([2H])c([2H])c(N(c4c([2H])c([2H])c(-c5cccc(-c6ccc7ccccc7c6)c5)c([2H])c4[2H])c4c([2H])c([2H])c([2H])c5oc6c7c([2H])c([2H])c([2H])c([2H])c7c([2H])c([2H])c6c45)c([2H])c3[2H])c([2H])c2[2H])c([2H])c1[2H]. The van der Waals surface area contributed by atoms with Crippen molar-refractivity contribution in [2.75, 3.05) is 4.90 Å². The van der Waals surface area contributed by atoms with Crippen molar-refractivity contribution in [1.82, 2.24) is 0 Å². The highest BCUT2D eigenvalue weighted by molar-refractivity contribution is 6.19. The molecule has 0 spiro atoms. The summed E-state index contributed by atoms with van der Waals surface area (Å²) in [6, 6.07) is -4.34. The van der Waals surface area contributed by atoms with Crippen molar-refractivity contribution in [3.63, 3.8) is 0 Å². The van der Waals surface area contributed by atoms with Gasteiger partial charge < -0.3 is 9.32 Å². The van der Waals surface area contributed by atoms with Crippen LogP contribution in [0.5, 0.6) is 0 Å². The number of hydrogen-bond acceptors (Lipinski definition) is 2. The topological polar surface area (TPSA) is 16.4 Å². The summed E-state index contributed by atoms with van der Waals surface area (Å²) in [6.45, 7) is 0. The van der Waals surface area contributed by atoms with Crippen molar-refractivity contribution in [3.05, 3.63) is 224 Å². The van der Waals surface area contributed by atoms with Crippen LogP contribution in [0, 0.1) is 0 Å². The van der Waals surface area contributed by atoms with Gasteiger partial charge in [0, 0.05) is 22.1 Å². The summed E-state index contributed by atoms with van der Waals surface area (Å²) in [4.78, 5) is 0.571. The molecular formula is C56H37NO. The van der Waals surface area contributed by atoms with Gasteiger partial charge in [-0.2, -0.15) is 0 Å². The van der Waals surface area contributed by atoms with Crippen LogP contribution < -0.4 is 4.90 Å². The molecule has 0 aliphatic carbocycles. The molecule has 2 nitrogen and oxygen atoms in total. The Bertz CT molecular complexity index is 4710. The largest absolute Gasteiger partial charge is 0.455 e. The summed E-state index contributed by atoms with van der Waals surface area (Å²) in [5.74, 6) is 0. The van der Waals surface area contributed by atoms with Gasteiger partial charge in [0.15, 0.2) is 0 Å². The molecule has 1 heterocycles. The Kier molecular flexibility index (Phi) is 4.00. The molecule has 0 aliphatic heterocycles. The molecule has 272 valence electrons. The van der Waals surface area contributed by atoms with Crippen molar-refractivity contribution in [2.24, 2.45) is 0 Å². The normalized spacial score (nSPS) is 17.7. The van der Waals surface area contributed by atoms with E-state index in [1.165, 1.54) is 6.07 Å². The van der Waals surface area contributed by atoms with Crippen LogP contribution in [0.3, 0.4) is 0 Å². The lowest BCUT2D eigenvalue weighted by atomic mass is 9.97. The van der Waals surface area contributed by atoms with Gasteiger partial charge in [0.25, 0.3) is 0 Å². The van der Waals surface area contributed by atoms with E-state index in [1.807, 2.05) is 42.5 Å². The van der Waals surface area contributed by atoms with Crippen LogP contribution >= 0.6 is 0 Å². The molecule has 2 heteroatoms. The van der Waals surface area contributed by atoms with Crippen molar-refractivity contribution < 1.29 is 40.1 Å².